The minimum absolute atomic E-state index is 0.146. The molecule has 2 N–H and O–H groups in total. The Bertz CT molecular complexity index is 884. The molecule has 0 aliphatic heterocycles. The van der Waals surface area contributed by atoms with Gasteiger partial charge >= 0.3 is 0 Å². The van der Waals surface area contributed by atoms with Crippen molar-refractivity contribution in [2.45, 2.75) is 19.3 Å². The molecule has 4 heteroatoms. The average Bonchev–Trinajstić information content (AvgIpc) is 2.72. The van der Waals surface area contributed by atoms with E-state index in [1.807, 2.05) is 36.4 Å². The number of hydrogen-bond donors (Lipinski definition) is 2. The highest BCUT2D eigenvalue weighted by Crippen LogP contribution is 2.27. The van der Waals surface area contributed by atoms with E-state index >= 15 is 0 Å². The highest BCUT2D eigenvalue weighted by molar-refractivity contribution is 5.96. The Labute approximate surface area is 165 Å². The molecule has 0 bridgehead atoms. The van der Waals surface area contributed by atoms with Crippen LogP contribution in [-0.4, -0.2) is 18.4 Å². The molecule has 2 amide bonds. The second-order valence-corrected chi connectivity index (χ2v) is 6.68. The highest BCUT2D eigenvalue weighted by atomic mass is 16.2. The highest BCUT2D eigenvalue weighted by Gasteiger charge is 2.14. The Morgan fingerprint density at radius 3 is 2.00 bits per heavy atom. The summed E-state index contributed by atoms with van der Waals surface area (Å²) in [5, 5.41) is 5.70. The zero-order valence-corrected chi connectivity index (χ0v) is 15.9. The van der Waals surface area contributed by atoms with Crippen molar-refractivity contribution in [2.24, 2.45) is 0 Å². The van der Waals surface area contributed by atoms with Crippen LogP contribution in [0.2, 0.25) is 0 Å². The molecule has 0 spiro atoms. The average molecular weight is 372 g/mol. The minimum Gasteiger partial charge on any atom is -0.352 e. The summed E-state index contributed by atoms with van der Waals surface area (Å²) in [6, 6.07) is 27.6. The van der Waals surface area contributed by atoms with E-state index in [4.69, 9.17) is 0 Å². The van der Waals surface area contributed by atoms with Gasteiger partial charge in [0.15, 0.2) is 0 Å². The summed E-state index contributed by atoms with van der Waals surface area (Å²) >= 11 is 0. The zero-order chi connectivity index (χ0) is 19.8. The molecule has 0 radical (unpaired) electrons. The van der Waals surface area contributed by atoms with Crippen molar-refractivity contribution in [3.8, 4) is 0 Å². The molecule has 0 atom stereocenters. The molecule has 28 heavy (non-hydrogen) atoms. The van der Waals surface area contributed by atoms with Crippen LogP contribution in [0.5, 0.6) is 0 Å². The summed E-state index contributed by atoms with van der Waals surface area (Å²) in [5.74, 6) is -0.0911. The summed E-state index contributed by atoms with van der Waals surface area (Å²) < 4.78 is 0. The van der Waals surface area contributed by atoms with Crippen molar-refractivity contribution in [1.82, 2.24) is 5.32 Å². The Kier molecular flexibility index (Phi) is 6.58. The van der Waals surface area contributed by atoms with Gasteiger partial charge in [0.1, 0.15) is 0 Å². The number of rotatable bonds is 7. The second-order valence-electron chi connectivity index (χ2n) is 6.68. The van der Waals surface area contributed by atoms with Gasteiger partial charge in [-0.15, -0.1) is 0 Å². The van der Waals surface area contributed by atoms with E-state index in [0.717, 1.165) is 6.42 Å². The molecule has 0 heterocycles. The predicted molar refractivity (Wildman–Crippen MR) is 112 cm³/mol. The predicted octanol–water partition coefficient (Wildman–Crippen LogP) is 4.60. The fourth-order valence-electron chi connectivity index (χ4n) is 3.27. The molecular weight excluding hydrogens is 348 g/mol. The summed E-state index contributed by atoms with van der Waals surface area (Å²) in [6.45, 7) is 2.00. The summed E-state index contributed by atoms with van der Waals surface area (Å²) in [7, 11) is 0. The number of benzene rings is 3. The minimum atomic E-state index is -0.161. The maximum atomic E-state index is 12.5. The number of amides is 2. The van der Waals surface area contributed by atoms with Gasteiger partial charge in [-0.1, -0.05) is 66.7 Å². The molecule has 3 aromatic rings. The molecule has 0 aliphatic rings. The molecular formula is C24H24N2O2. The van der Waals surface area contributed by atoms with Gasteiger partial charge < -0.3 is 10.6 Å². The van der Waals surface area contributed by atoms with E-state index in [9.17, 15) is 9.59 Å². The molecule has 0 saturated carbocycles. The van der Waals surface area contributed by atoms with Crippen molar-refractivity contribution in [3.63, 3.8) is 0 Å². The van der Waals surface area contributed by atoms with Crippen LogP contribution in [0.15, 0.2) is 84.9 Å². The quantitative estimate of drug-likeness (QED) is 0.637. The lowest BCUT2D eigenvalue weighted by molar-refractivity contribution is -0.114. The Morgan fingerprint density at radius 2 is 1.43 bits per heavy atom. The van der Waals surface area contributed by atoms with Gasteiger partial charge in [-0.05, 0) is 35.7 Å². The first kappa shape index (κ1) is 19.4. The molecule has 3 rings (SSSR count). The maximum Gasteiger partial charge on any atom is 0.251 e. The largest absolute Gasteiger partial charge is 0.352 e. The molecule has 0 saturated heterocycles. The molecule has 4 nitrogen and oxygen atoms in total. The molecule has 0 aromatic heterocycles. The number of anilines is 1. The van der Waals surface area contributed by atoms with E-state index in [0.29, 0.717) is 17.8 Å². The van der Waals surface area contributed by atoms with Crippen molar-refractivity contribution < 1.29 is 9.59 Å². The van der Waals surface area contributed by atoms with Crippen LogP contribution in [0.25, 0.3) is 0 Å². The van der Waals surface area contributed by atoms with Crippen LogP contribution in [0.1, 0.15) is 40.7 Å². The lowest BCUT2D eigenvalue weighted by Gasteiger charge is -2.18. The first-order valence-corrected chi connectivity index (χ1v) is 9.39. The number of hydrogen-bond acceptors (Lipinski definition) is 2. The Balaban J connectivity index is 1.66. The topological polar surface area (TPSA) is 58.2 Å². The van der Waals surface area contributed by atoms with Crippen molar-refractivity contribution in [1.29, 1.82) is 0 Å². The van der Waals surface area contributed by atoms with Gasteiger partial charge in [0.05, 0.1) is 0 Å². The van der Waals surface area contributed by atoms with Gasteiger partial charge in [-0.2, -0.15) is 0 Å². The maximum absolute atomic E-state index is 12.5. The SMILES string of the molecule is CC(=O)Nc1cccc(C(=O)NCCC(c2ccccc2)c2ccccc2)c1. The monoisotopic (exact) mass is 372 g/mol. The van der Waals surface area contributed by atoms with E-state index in [1.54, 1.807) is 24.3 Å². The first-order valence-electron chi connectivity index (χ1n) is 9.39. The third-order valence-corrected chi connectivity index (χ3v) is 4.57. The molecule has 142 valence electrons. The normalized spacial score (nSPS) is 10.5. The smallest absolute Gasteiger partial charge is 0.251 e. The lowest BCUT2D eigenvalue weighted by Crippen LogP contribution is -2.26. The lowest BCUT2D eigenvalue weighted by atomic mass is 9.88. The van der Waals surface area contributed by atoms with Crippen LogP contribution in [0.4, 0.5) is 5.69 Å². The van der Waals surface area contributed by atoms with E-state index in [2.05, 4.69) is 34.9 Å². The third-order valence-electron chi connectivity index (χ3n) is 4.57. The third kappa shape index (κ3) is 5.30. The van der Waals surface area contributed by atoms with E-state index < -0.39 is 0 Å². The number of carbonyl (C=O) groups excluding carboxylic acids is 2. The standard InChI is InChI=1S/C24H24N2O2/c1-18(27)26-22-14-8-13-21(17-22)24(28)25-16-15-23(19-9-4-2-5-10-19)20-11-6-3-7-12-20/h2-14,17,23H,15-16H2,1H3,(H,25,28)(H,26,27). The van der Waals surface area contributed by atoms with Crippen LogP contribution >= 0.6 is 0 Å². The van der Waals surface area contributed by atoms with E-state index in [1.165, 1.54) is 18.1 Å². The Hall–Kier alpha value is -3.40. The molecule has 3 aromatic carbocycles. The van der Waals surface area contributed by atoms with Gasteiger partial charge in [-0.25, -0.2) is 0 Å². The number of carbonyl (C=O) groups is 2. The second kappa shape index (κ2) is 9.51. The van der Waals surface area contributed by atoms with Crippen molar-refractivity contribution in [2.75, 3.05) is 11.9 Å². The van der Waals surface area contributed by atoms with Crippen LogP contribution in [-0.2, 0) is 4.79 Å². The molecule has 0 fully saturated rings. The van der Waals surface area contributed by atoms with Gasteiger partial charge in [-0.3, -0.25) is 9.59 Å². The van der Waals surface area contributed by atoms with Gasteiger partial charge in [0.2, 0.25) is 5.91 Å². The van der Waals surface area contributed by atoms with E-state index in [-0.39, 0.29) is 17.7 Å². The fraction of sp³-hybridized carbons (Fsp3) is 0.167. The van der Waals surface area contributed by atoms with Crippen molar-refractivity contribution in [3.05, 3.63) is 102 Å². The number of nitrogens with one attached hydrogen (secondary N) is 2. The zero-order valence-electron chi connectivity index (χ0n) is 15.9. The van der Waals surface area contributed by atoms with Crippen LogP contribution in [0, 0.1) is 0 Å². The van der Waals surface area contributed by atoms with Gasteiger partial charge in [0.25, 0.3) is 5.91 Å². The summed E-state index contributed by atoms with van der Waals surface area (Å²) in [4.78, 5) is 23.7. The summed E-state index contributed by atoms with van der Waals surface area (Å²) in [6.07, 6.45) is 0.797. The summed E-state index contributed by atoms with van der Waals surface area (Å²) in [5.41, 5.74) is 3.61. The fourth-order valence-corrected chi connectivity index (χ4v) is 3.27. The molecule has 0 aliphatic carbocycles. The van der Waals surface area contributed by atoms with Gasteiger partial charge in [0, 0.05) is 30.6 Å². The Morgan fingerprint density at radius 1 is 0.821 bits per heavy atom. The van der Waals surface area contributed by atoms with Crippen LogP contribution < -0.4 is 10.6 Å². The van der Waals surface area contributed by atoms with Crippen LogP contribution in [0.3, 0.4) is 0 Å². The van der Waals surface area contributed by atoms with Crippen molar-refractivity contribution >= 4 is 17.5 Å². The molecule has 0 unspecified atom stereocenters. The first-order chi connectivity index (χ1) is 13.6.